The molecule has 3 amide bonds. The van der Waals surface area contributed by atoms with Gasteiger partial charge < -0.3 is 44.5 Å². The van der Waals surface area contributed by atoms with Gasteiger partial charge in [-0.15, -0.1) is 12.4 Å². The molecule has 3 N–H and O–H groups in total. The molecule has 14 nitrogen and oxygen atoms in total. The Kier molecular flexibility index (Phi) is 18.2. The van der Waals surface area contributed by atoms with Gasteiger partial charge in [0.15, 0.2) is 0 Å². The van der Waals surface area contributed by atoms with Gasteiger partial charge in [0.25, 0.3) is 0 Å². The molecule has 57 heavy (non-hydrogen) atoms. The highest BCUT2D eigenvalue weighted by Crippen LogP contribution is 2.32. The van der Waals surface area contributed by atoms with Crippen LogP contribution in [0.5, 0.6) is 0 Å². The molecule has 0 unspecified atom stereocenters. The van der Waals surface area contributed by atoms with E-state index in [4.69, 9.17) is 23.7 Å². The van der Waals surface area contributed by atoms with Crippen LogP contribution < -0.4 is 16.0 Å². The predicted octanol–water partition coefficient (Wildman–Crippen LogP) is 6.72. The van der Waals surface area contributed by atoms with E-state index in [1.54, 1.807) is 4.90 Å². The van der Waals surface area contributed by atoms with E-state index < -0.39 is 29.2 Å². The van der Waals surface area contributed by atoms with Crippen LogP contribution >= 0.6 is 12.4 Å². The Morgan fingerprint density at radius 2 is 1.04 bits per heavy atom. The fourth-order valence-corrected chi connectivity index (χ4v) is 7.74. The minimum absolute atomic E-state index is 0. The number of likely N-dealkylation sites (tertiary alicyclic amines) is 1. The van der Waals surface area contributed by atoms with E-state index in [0.717, 1.165) is 75.6 Å². The van der Waals surface area contributed by atoms with Gasteiger partial charge in [-0.3, -0.25) is 0 Å². The van der Waals surface area contributed by atoms with Crippen molar-refractivity contribution in [3.05, 3.63) is 71.8 Å². The van der Waals surface area contributed by atoms with Gasteiger partial charge in [0.2, 0.25) is 0 Å². The summed E-state index contributed by atoms with van der Waals surface area (Å²) >= 11 is 0. The second-order valence-corrected chi connectivity index (χ2v) is 15.1. The fraction of sp³-hybridized carbons (Fsp3) is 0.595. The van der Waals surface area contributed by atoms with Gasteiger partial charge in [-0.25, -0.2) is 24.0 Å². The van der Waals surface area contributed by atoms with Crippen molar-refractivity contribution >= 4 is 42.6 Å². The number of ether oxygens (including phenoxy) is 5. The van der Waals surface area contributed by atoms with Gasteiger partial charge in [-0.1, -0.05) is 99.2 Å². The molecule has 0 atom stereocenters. The lowest BCUT2D eigenvalue weighted by Crippen LogP contribution is -2.57. The number of alkyl carbamates (subject to hydrolysis) is 2. The van der Waals surface area contributed by atoms with E-state index in [-0.39, 0.29) is 49.9 Å². The Morgan fingerprint density at radius 1 is 0.632 bits per heavy atom. The zero-order chi connectivity index (χ0) is 39.6. The van der Waals surface area contributed by atoms with Crippen LogP contribution in [0.4, 0.5) is 14.4 Å². The molecule has 2 aliphatic carbocycles. The Bertz CT molecular complexity index is 1560. The first-order valence-corrected chi connectivity index (χ1v) is 20.1. The third-order valence-corrected chi connectivity index (χ3v) is 11.0. The number of nitrogens with one attached hydrogen (secondary N) is 3. The SMILES string of the molecule is COC(=O)N1CCC(OC(=O)NC2(C(=O)OCc3ccccc3)CCCCC2)CC1.Cl.O=C(NC1(C(=O)OCc2ccccc2)CCCCC1)OC1CCNCC1. The van der Waals surface area contributed by atoms with Crippen LogP contribution in [0.15, 0.2) is 60.7 Å². The molecular weight excluding hydrogens is 756 g/mol. The quantitative estimate of drug-likeness (QED) is 0.172. The highest BCUT2D eigenvalue weighted by molar-refractivity contribution is 5.87. The number of carbonyl (C=O) groups is 5. The smallest absolute Gasteiger partial charge is 0.409 e. The highest BCUT2D eigenvalue weighted by atomic mass is 35.5. The highest BCUT2D eigenvalue weighted by Gasteiger charge is 2.44. The number of hydrogen-bond donors (Lipinski definition) is 3. The topological polar surface area (TPSA) is 171 Å². The average Bonchev–Trinajstić information content (AvgIpc) is 3.23. The van der Waals surface area contributed by atoms with Crippen molar-refractivity contribution in [3.8, 4) is 0 Å². The van der Waals surface area contributed by atoms with Crippen molar-refractivity contribution in [2.45, 2.75) is 126 Å². The molecule has 6 rings (SSSR count). The lowest BCUT2D eigenvalue weighted by Gasteiger charge is -2.36. The molecular formula is C42H59ClN4O10. The number of carbonyl (C=O) groups excluding carboxylic acids is 5. The predicted molar refractivity (Wildman–Crippen MR) is 213 cm³/mol. The molecule has 2 aliphatic heterocycles. The second-order valence-electron chi connectivity index (χ2n) is 15.1. The second kappa shape index (κ2) is 23.0. The van der Waals surface area contributed by atoms with Crippen LogP contribution in [-0.2, 0) is 46.5 Å². The van der Waals surface area contributed by atoms with Crippen molar-refractivity contribution in [2.24, 2.45) is 0 Å². The molecule has 4 fully saturated rings. The largest absolute Gasteiger partial charge is 0.459 e. The monoisotopic (exact) mass is 814 g/mol. The molecule has 2 heterocycles. The van der Waals surface area contributed by atoms with Crippen LogP contribution in [-0.4, -0.2) is 91.7 Å². The van der Waals surface area contributed by atoms with Gasteiger partial charge in [0.1, 0.15) is 36.5 Å². The maximum Gasteiger partial charge on any atom is 0.409 e. The molecule has 4 aliphatic rings. The molecule has 15 heteroatoms. The molecule has 2 aromatic carbocycles. The number of hydrogen-bond acceptors (Lipinski definition) is 11. The summed E-state index contributed by atoms with van der Waals surface area (Å²) in [6.45, 7) is 3.02. The number of nitrogens with zero attached hydrogens (tertiary/aromatic N) is 1. The first-order chi connectivity index (χ1) is 27.2. The normalized spacial score (nSPS) is 19.1. The van der Waals surface area contributed by atoms with Crippen molar-refractivity contribution in [1.82, 2.24) is 20.9 Å². The Morgan fingerprint density at radius 3 is 1.44 bits per heavy atom. The number of halogens is 1. The summed E-state index contributed by atoms with van der Waals surface area (Å²) in [5, 5.41) is 8.92. The van der Waals surface area contributed by atoms with Crippen molar-refractivity contribution in [2.75, 3.05) is 33.3 Å². The Balaban J connectivity index is 0.000000251. The van der Waals surface area contributed by atoms with Crippen LogP contribution in [0.3, 0.4) is 0 Å². The zero-order valence-electron chi connectivity index (χ0n) is 33.0. The summed E-state index contributed by atoms with van der Waals surface area (Å²) in [5.41, 5.74) is -0.172. The average molecular weight is 815 g/mol. The summed E-state index contributed by atoms with van der Waals surface area (Å²) in [5.74, 6) is -0.771. The number of methoxy groups -OCH3 is 1. The van der Waals surface area contributed by atoms with Crippen molar-refractivity contribution < 1.29 is 47.7 Å². The molecule has 2 saturated carbocycles. The van der Waals surface area contributed by atoms with E-state index in [1.165, 1.54) is 7.11 Å². The third kappa shape index (κ3) is 13.8. The Hall–Kier alpha value is -4.56. The number of amides is 3. The first-order valence-electron chi connectivity index (χ1n) is 20.1. The molecule has 0 radical (unpaired) electrons. The summed E-state index contributed by atoms with van der Waals surface area (Å²) in [6.07, 6.45) is 8.66. The number of esters is 2. The van der Waals surface area contributed by atoms with Crippen molar-refractivity contribution in [3.63, 3.8) is 0 Å². The lowest BCUT2D eigenvalue weighted by atomic mass is 9.82. The van der Waals surface area contributed by atoms with Crippen LogP contribution in [0.25, 0.3) is 0 Å². The van der Waals surface area contributed by atoms with Gasteiger partial charge >= 0.3 is 30.2 Å². The van der Waals surface area contributed by atoms with E-state index in [9.17, 15) is 24.0 Å². The van der Waals surface area contributed by atoms with E-state index >= 15 is 0 Å². The Labute approximate surface area is 341 Å². The molecule has 314 valence electrons. The van der Waals surface area contributed by atoms with Gasteiger partial charge in [-0.05, 0) is 62.7 Å². The molecule has 2 aromatic rings. The molecule has 0 bridgehead atoms. The summed E-state index contributed by atoms with van der Waals surface area (Å²) in [4.78, 5) is 63.9. The number of benzene rings is 2. The summed E-state index contributed by atoms with van der Waals surface area (Å²) in [6, 6.07) is 19.0. The van der Waals surface area contributed by atoms with E-state index in [2.05, 4.69) is 16.0 Å². The fourth-order valence-electron chi connectivity index (χ4n) is 7.74. The van der Waals surface area contributed by atoms with E-state index in [0.29, 0.717) is 51.6 Å². The molecule has 2 saturated heterocycles. The standard InChI is InChI=1S/C22H30N2O6.C20H28N2O4.ClH/c1-28-21(27)24-14-10-18(11-15-24)30-20(26)23-22(12-6-3-7-13-22)19(25)29-16-17-8-4-2-5-9-17;23-18(25-15-16-7-3-1-4-8-16)20(11-5-2-6-12-20)22-19(24)26-17-9-13-21-14-10-17;/h2,4-5,8-9,18H,3,6-7,10-16H2,1H3,(H,23,26);1,3-4,7-8,17,21H,2,5-6,9-15H2,(H,22,24);1H. The van der Waals surface area contributed by atoms with Gasteiger partial charge in [-0.2, -0.15) is 0 Å². The maximum atomic E-state index is 12.9. The van der Waals surface area contributed by atoms with Crippen LogP contribution in [0.1, 0.15) is 101 Å². The lowest BCUT2D eigenvalue weighted by molar-refractivity contribution is -0.155. The van der Waals surface area contributed by atoms with Crippen LogP contribution in [0, 0.1) is 0 Å². The van der Waals surface area contributed by atoms with Crippen molar-refractivity contribution in [1.29, 1.82) is 0 Å². The first kappa shape index (κ1) is 45.1. The summed E-state index contributed by atoms with van der Waals surface area (Å²) in [7, 11) is 1.35. The molecule has 0 aromatic heterocycles. The minimum atomic E-state index is -1.04. The minimum Gasteiger partial charge on any atom is -0.459 e. The molecule has 0 spiro atoms. The maximum absolute atomic E-state index is 12.9. The van der Waals surface area contributed by atoms with Crippen LogP contribution in [0.2, 0.25) is 0 Å². The number of piperidine rings is 2. The van der Waals surface area contributed by atoms with Gasteiger partial charge in [0, 0.05) is 25.9 Å². The van der Waals surface area contributed by atoms with E-state index in [1.807, 2.05) is 60.7 Å². The zero-order valence-corrected chi connectivity index (χ0v) is 33.8. The summed E-state index contributed by atoms with van der Waals surface area (Å²) < 4.78 is 26.9. The third-order valence-electron chi connectivity index (χ3n) is 11.0. The van der Waals surface area contributed by atoms with Gasteiger partial charge in [0.05, 0.1) is 7.11 Å². The number of rotatable bonds is 10.